The first-order valence-electron chi connectivity index (χ1n) is 8.37. The molecule has 2 heterocycles. The first-order valence-corrected chi connectivity index (χ1v) is 8.37. The predicted molar refractivity (Wildman–Crippen MR) is 93.7 cm³/mol. The molecular formula is C20H18N2O3. The van der Waals surface area contributed by atoms with Crippen LogP contribution in [0.4, 0.5) is 0 Å². The maximum absolute atomic E-state index is 12.6. The van der Waals surface area contributed by atoms with E-state index in [-0.39, 0.29) is 11.8 Å². The lowest BCUT2D eigenvalue weighted by atomic mass is 10.0. The number of carbonyl (C=O) groups is 2. The van der Waals surface area contributed by atoms with E-state index >= 15 is 0 Å². The summed E-state index contributed by atoms with van der Waals surface area (Å²) >= 11 is 0. The molecule has 5 nitrogen and oxygen atoms in total. The van der Waals surface area contributed by atoms with Crippen LogP contribution < -0.4 is 4.74 Å². The second-order valence-electron chi connectivity index (χ2n) is 6.09. The maximum Gasteiger partial charge on any atom is 0.280 e. The van der Waals surface area contributed by atoms with Gasteiger partial charge in [0, 0.05) is 6.20 Å². The molecule has 2 aliphatic rings. The van der Waals surface area contributed by atoms with Crippen molar-refractivity contribution in [1.82, 2.24) is 10.0 Å². The van der Waals surface area contributed by atoms with E-state index < -0.39 is 0 Å². The van der Waals surface area contributed by atoms with Gasteiger partial charge < -0.3 is 4.74 Å². The summed E-state index contributed by atoms with van der Waals surface area (Å²) in [7, 11) is 0. The summed E-state index contributed by atoms with van der Waals surface area (Å²) < 4.78 is 5.68. The van der Waals surface area contributed by atoms with Crippen LogP contribution in [0.2, 0.25) is 0 Å². The Labute approximate surface area is 146 Å². The van der Waals surface area contributed by atoms with Gasteiger partial charge in [-0.1, -0.05) is 25.1 Å². The van der Waals surface area contributed by atoms with E-state index in [0.717, 1.165) is 23.3 Å². The minimum absolute atomic E-state index is 0.285. The molecule has 2 aromatic carbocycles. The Morgan fingerprint density at radius 1 is 1.04 bits per heavy atom. The van der Waals surface area contributed by atoms with Crippen molar-refractivity contribution in [1.29, 1.82) is 0 Å². The van der Waals surface area contributed by atoms with Gasteiger partial charge >= 0.3 is 0 Å². The van der Waals surface area contributed by atoms with Crippen LogP contribution in [0.1, 0.15) is 45.2 Å². The van der Waals surface area contributed by atoms with Gasteiger partial charge in [-0.2, -0.15) is 5.01 Å². The number of imide groups is 1. The lowest BCUT2D eigenvalue weighted by molar-refractivity contribution is 0.0190. The Hall–Kier alpha value is -3.08. The van der Waals surface area contributed by atoms with Crippen molar-refractivity contribution in [3.8, 4) is 5.75 Å². The van der Waals surface area contributed by atoms with Crippen LogP contribution in [0.25, 0.3) is 6.08 Å². The zero-order valence-corrected chi connectivity index (χ0v) is 13.9. The van der Waals surface area contributed by atoms with E-state index in [0.29, 0.717) is 24.3 Å². The van der Waals surface area contributed by atoms with Crippen molar-refractivity contribution < 1.29 is 14.3 Å². The maximum atomic E-state index is 12.6. The number of hydrazine groups is 1. The molecule has 4 rings (SSSR count). The van der Waals surface area contributed by atoms with Gasteiger partial charge in [0.05, 0.1) is 24.3 Å². The summed E-state index contributed by atoms with van der Waals surface area (Å²) in [6.45, 7) is 3.17. The number of amides is 2. The van der Waals surface area contributed by atoms with Gasteiger partial charge in [-0.05, 0) is 47.9 Å². The molecule has 0 aromatic heterocycles. The van der Waals surface area contributed by atoms with Crippen molar-refractivity contribution in [3.05, 3.63) is 70.9 Å². The molecule has 0 saturated carbocycles. The quantitative estimate of drug-likeness (QED) is 0.803. The van der Waals surface area contributed by atoms with Gasteiger partial charge in [0.15, 0.2) is 0 Å². The minimum Gasteiger partial charge on any atom is -0.494 e. The fourth-order valence-corrected chi connectivity index (χ4v) is 3.13. The Bertz CT molecular complexity index is 853. The molecule has 5 heteroatoms. The van der Waals surface area contributed by atoms with E-state index in [2.05, 4.69) is 6.92 Å². The number of carbonyl (C=O) groups excluding carboxylic acids is 2. The average Bonchev–Trinajstić information content (AvgIpc) is 2.90. The van der Waals surface area contributed by atoms with Gasteiger partial charge in [-0.25, -0.2) is 0 Å². The Balaban J connectivity index is 1.61. The highest BCUT2D eigenvalue weighted by molar-refractivity contribution is 6.21. The lowest BCUT2D eigenvalue weighted by Gasteiger charge is -2.31. The summed E-state index contributed by atoms with van der Waals surface area (Å²) in [5, 5.41) is 2.88. The Morgan fingerprint density at radius 2 is 1.76 bits per heavy atom. The van der Waals surface area contributed by atoms with Crippen molar-refractivity contribution >= 4 is 17.9 Å². The molecule has 0 spiro atoms. The van der Waals surface area contributed by atoms with Crippen molar-refractivity contribution in [3.63, 3.8) is 0 Å². The molecule has 0 atom stereocenters. The van der Waals surface area contributed by atoms with Crippen LogP contribution in [0.3, 0.4) is 0 Å². The number of rotatable bonds is 4. The molecule has 126 valence electrons. The summed E-state index contributed by atoms with van der Waals surface area (Å²) in [5.74, 6) is 0.234. The van der Waals surface area contributed by atoms with E-state index in [4.69, 9.17) is 4.74 Å². The zero-order chi connectivity index (χ0) is 17.4. The van der Waals surface area contributed by atoms with Gasteiger partial charge in [-0.3, -0.25) is 14.6 Å². The van der Waals surface area contributed by atoms with Crippen LogP contribution in [0, 0.1) is 0 Å². The Morgan fingerprint density at radius 3 is 2.44 bits per heavy atom. The molecule has 0 fully saturated rings. The third kappa shape index (κ3) is 2.58. The van der Waals surface area contributed by atoms with Crippen molar-refractivity contribution in [2.45, 2.75) is 19.9 Å². The number of nitrogens with zero attached hydrogens (tertiary/aromatic N) is 2. The van der Waals surface area contributed by atoms with Crippen molar-refractivity contribution in [2.75, 3.05) is 6.61 Å². The molecule has 0 saturated heterocycles. The molecule has 25 heavy (non-hydrogen) atoms. The number of fused-ring (bicyclic) bond motifs is 2. The number of ether oxygens (including phenoxy) is 1. The largest absolute Gasteiger partial charge is 0.494 e. The topological polar surface area (TPSA) is 49.9 Å². The second kappa shape index (κ2) is 6.09. The third-order valence-electron chi connectivity index (χ3n) is 4.38. The van der Waals surface area contributed by atoms with Crippen LogP contribution >= 0.6 is 0 Å². The molecule has 2 amide bonds. The standard InChI is InChI=1S/C20H18N2O3/c1-2-11-25-16-8-7-14-9-10-21(13-15(14)12-16)22-19(23)17-5-3-4-6-18(17)20(22)24/h3-10,12H,2,11,13H2,1H3. The molecule has 2 aromatic rings. The molecule has 0 N–H and O–H groups in total. The smallest absolute Gasteiger partial charge is 0.280 e. The van der Waals surface area contributed by atoms with E-state index in [1.807, 2.05) is 24.3 Å². The van der Waals surface area contributed by atoms with E-state index in [9.17, 15) is 9.59 Å². The van der Waals surface area contributed by atoms with Crippen molar-refractivity contribution in [2.24, 2.45) is 0 Å². The molecule has 0 unspecified atom stereocenters. The number of hydrogen-bond donors (Lipinski definition) is 0. The summed E-state index contributed by atoms with van der Waals surface area (Å²) in [6.07, 6.45) is 4.63. The first kappa shape index (κ1) is 15.4. The van der Waals surface area contributed by atoms with Gasteiger partial charge in [0.1, 0.15) is 5.75 Å². The molecule has 2 aliphatic heterocycles. The van der Waals surface area contributed by atoms with Crippen LogP contribution in [-0.2, 0) is 6.54 Å². The second-order valence-corrected chi connectivity index (χ2v) is 6.09. The highest BCUT2D eigenvalue weighted by Crippen LogP contribution is 2.30. The minimum atomic E-state index is -0.285. The number of hydrogen-bond acceptors (Lipinski definition) is 4. The fraction of sp³-hybridized carbons (Fsp3) is 0.200. The summed E-state index contributed by atoms with van der Waals surface area (Å²) in [5.41, 5.74) is 2.99. The zero-order valence-electron chi connectivity index (χ0n) is 13.9. The Kier molecular flexibility index (Phi) is 3.76. The van der Waals surface area contributed by atoms with E-state index in [1.165, 1.54) is 5.01 Å². The monoisotopic (exact) mass is 334 g/mol. The highest BCUT2D eigenvalue weighted by Gasteiger charge is 2.39. The SMILES string of the molecule is CCCOc1ccc2c(c1)CN(N1C(=O)c3ccccc3C1=O)C=C2. The summed E-state index contributed by atoms with van der Waals surface area (Å²) in [4.78, 5) is 25.3. The fourth-order valence-electron chi connectivity index (χ4n) is 3.13. The number of benzene rings is 2. The molecule has 0 bridgehead atoms. The van der Waals surface area contributed by atoms with Gasteiger partial charge in [0.25, 0.3) is 11.8 Å². The first-order chi connectivity index (χ1) is 12.2. The molecule has 0 radical (unpaired) electrons. The highest BCUT2D eigenvalue weighted by atomic mass is 16.5. The van der Waals surface area contributed by atoms with Gasteiger partial charge in [-0.15, -0.1) is 0 Å². The normalized spacial score (nSPS) is 15.4. The molecule has 0 aliphatic carbocycles. The average molecular weight is 334 g/mol. The van der Waals surface area contributed by atoms with Crippen LogP contribution in [0.5, 0.6) is 5.75 Å². The lowest BCUT2D eigenvalue weighted by Crippen LogP contribution is -2.43. The molecular weight excluding hydrogens is 316 g/mol. The van der Waals surface area contributed by atoms with Crippen LogP contribution in [0.15, 0.2) is 48.7 Å². The van der Waals surface area contributed by atoms with Crippen LogP contribution in [-0.4, -0.2) is 28.4 Å². The summed E-state index contributed by atoms with van der Waals surface area (Å²) in [6, 6.07) is 12.8. The third-order valence-corrected chi connectivity index (χ3v) is 4.38. The van der Waals surface area contributed by atoms with E-state index in [1.54, 1.807) is 35.5 Å². The predicted octanol–water partition coefficient (Wildman–Crippen LogP) is 3.47. The van der Waals surface area contributed by atoms with Gasteiger partial charge in [0.2, 0.25) is 0 Å².